The van der Waals surface area contributed by atoms with Gasteiger partial charge in [-0.2, -0.15) is 0 Å². The number of nitrogens with one attached hydrogen (secondary N) is 1. The minimum Gasteiger partial charge on any atom is -0.370 e. The van der Waals surface area contributed by atoms with Crippen molar-refractivity contribution in [3.8, 4) is 0 Å². The van der Waals surface area contributed by atoms with Gasteiger partial charge in [0.25, 0.3) is 0 Å². The van der Waals surface area contributed by atoms with Gasteiger partial charge in [0.05, 0.1) is 0 Å². The average molecular weight is 292 g/mol. The van der Waals surface area contributed by atoms with Crippen LogP contribution in [0.2, 0.25) is 0 Å². The van der Waals surface area contributed by atoms with Crippen LogP contribution in [0.5, 0.6) is 0 Å². The number of amides is 1. The Hall–Kier alpha value is -1.26. The molecular formula is C16H28N4O. The molecule has 3 rings (SSSR count). The lowest BCUT2D eigenvalue weighted by Crippen LogP contribution is -2.48. The summed E-state index contributed by atoms with van der Waals surface area (Å²) in [7, 11) is 1.86. The standard InChI is InChI=1S/C16H28N4O/c1-18-15(19-11-16(6-7-16)13-4-5-13)20-8-2-3-12(10-20)9-14(17)21/h12-13H,2-11H2,1H3,(H2,17,21)(H,18,19). The summed E-state index contributed by atoms with van der Waals surface area (Å²) < 4.78 is 0. The summed E-state index contributed by atoms with van der Waals surface area (Å²) in [6.07, 6.45) is 8.32. The van der Waals surface area contributed by atoms with Gasteiger partial charge in [-0.05, 0) is 55.8 Å². The molecule has 0 aromatic carbocycles. The zero-order valence-corrected chi connectivity index (χ0v) is 13.1. The number of carbonyl (C=O) groups is 1. The number of piperidine rings is 1. The Morgan fingerprint density at radius 3 is 2.71 bits per heavy atom. The fourth-order valence-corrected chi connectivity index (χ4v) is 3.88. The maximum absolute atomic E-state index is 11.1. The summed E-state index contributed by atoms with van der Waals surface area (Å²) in [5, 5.41) is 3.60. The smallest absolute Gasteiger partial charge is 0.217 e. The molecule has 5 heteroatoms. The molecule has 2 aliphatic carbocycles. The minimum atomic E-state index is -0.185. The maximum atomic E-state index is 11.1. The summed E-state index contributed by atoms with van der Waals surface area (Å²) in [6, 6.07) is 0. The molecule has 3 N–H and O–H groups in total. The predicted octanol–water partition coefficient (Wildman–Crippen LogP) is 1.34. The third kappa shape index (κ3) is 3.50. The van der Waals surface area contributed by atoms with Gasteiger partial charge in [0.1, 0.15) is 0 Å². The fourth-order valence-electron chi connectivity index (χ4n) is 3.88. The van der Waals surface area contributed by atoms with Crippen molar-refractivity contribution in [2.45, 2.75) is 44.9 Å². The first-order valence-electron chi connectivity index (χ1n) is 8.37. The normalized spacial score (nSPS) is 28.3. The molecule has 1 aliphatic heterocycles. The third-order valence-corrected chi connectivity index (χ3v) is 5.45. The number of hydrogen-bond acceptors (Lipinski definition) is 2. The third-order valence-electron chi connectivity index (χ3n) is 5.45. The number of aliphatic imine (C=N–C) groups is 1. The second kappa shape index (κ2) is 5.85. The van der Waals surface area contributed by atoms with Crippen molar-refractivity contribution in [1.29, 1.82) is 0 Å². The Balaban J connectivity index is 1.52. The number of nitrogens with two attached hydrogens (primary N) is 1. The van der Waals surface area contributed by atoms with Crippen molar-refractivity contribution in [3.05, 3.63) is 0 Å². The fraction of sp³-hybridized carbons (Fsp3) is 0.875. The van der Waals surface area contributed by atoms with Crippen LogP contribution in [0.1, 0.15) is 44.9 Å². The molecule has 118 valence electrons. The van der Waals surface area contributed by atoms with Crippen molar-refractivity contribution in [1.82, 2.24) is 10.2 Å². The largest absolute Gasteiger partial charge is 0.370 e. The number of carbonyl (C=O) groups excluding carboxylic acids is 1. The first-order chi connectivity index (χ1) is 10.1. The number of guanidine groups is 1. The molecule has 0 aromatic heterocycles. The van der Waals surface area contributed by atoms with Crippen molar-refractivity contribution < 1.29 is 4.79 Å². The van der Waals surface area contributed by atoms with Crippen molar-refractivity contribution >= 4 is 11.9 Å². The van der Waals surface area contributed by atoms with Crippen LogP contribution in [0.3, 0.4) is 0 Å². The van der Waals surface area contributed by atoms with E-state index in [1.807, 2.05) is 7.05 Å². The topological polar surface area (TPSA) is 70.7 Å². The molecule has 1 atom stereocenters. The number of rotatable bonds is 5. The lowest BCUT2D eigenvalue weighted by molar-refractivity contribution is -0.119. The van der Waals surface area contributed by atoms with Gasteiger partial charge >= 0.3 is 0 Å². The molecule has 0 spiro atoms. The quantitative estimate of drug-likeness (QED) is 0.593. The van der Waals surface area contributed by atoms with Gasteiger partial charge < -0.3 is 16.0 Å². The van der Waals surface area contributed by atoms with E-state index in [0.29, 0.717) is 17.8 Å². The molecular weight excluding hydrogens is 264 g/mol. The van der Waals surface area contributed by atoms with Crippen LogP contribution in [0.4, 0.5) is 0 Å². The molecule has 1 heterocycles. The SMILES string of the molecule is CN=C(NCC1(C2CC2)CC1)N1CCCC(CC(N)=O)C1. The van der Waals surface area contributed by atoms with Crippen molar-refractivity contribution in [3.63, 3.8) is 0 Å². The number of nitrogens with zero attached hydrogens (tertiary/aromatic N) is 2. The molecule has 3 fully saturated rings. The van der Waals surface area contributed by atoms with Gasteiger partial charge in [-0.15, -0.1) is 0 Å². The van der Waals surface area contributed by atoms with Gasteiger partial charge in [-0.1, -0.05) is 0 Å². The van der Waals surface area contributed by atoms with Crippen LogP contribution in [0, 0.1) is 17.3 Å². The molecule has 0 aromatic rings. The summed E-state index contributed by atoms with van der Waals surface area (Å²) in [5.41, 5.74) is 5.92. The second-order valence-corrected chi connectivity index (χ2v) is 7.16. The van der Waals surface area contributed by atoms with E-state index in [-0.39, 0.29) is 5.91 Å². The van der Waals surface area contributed by atoms with Crippen molar-refractivity contribution in [2.24, 2.45) is 28.0 Å². The summed E-state index contributed by atoms with van der Waals surface area (Å²) >= 11 is 0. The van der Waals surface area contributed by atoms with E-state index >= 15 is 0 Å². The predicted molar refractivity (Wildman–Crippen MR) is 83.9 cm³/mol. The van der Waals surface area contributed by atoms with E-state index in [0.717, 1.165) is 44.4 Å². The first-order valence-corrected chi connectivity index (χ1v) is 8.37. The molecule has 21 heavy (non-hydrogen) atoms. The van der Waals surface area contributed by atoms with Gasteiger partial charge in [0.15, 0.2) is 5.96 Å². The molecule has 0 bridgehead atoms. The van der Waals surface area contributed by atoms with Crippen LogP contribution in [0.15, 0.2) is 4.99 Å². The molecule has 1 unspecified atom stereocenters. The number of primary amides is 1. The molecule has 1 amide bonds. The molecule has 1 saturated heterocycles. The van der Waals surface area contributed by atoms with Gasteiger partial charge in [-0.25, -0.2) is 0 Å². The van der Waals surface area contributed by atoms with E-state index in [9.17, 15) is 4.79 Å². The molecule has 3 aliphatic rings. The highest BCUT2D eigenvalue weighted by atomic mass is 16.1. The Labute approximate surface area is 127 Å². The minimum absolute atomic E-state index is 0.185. The number of hydrogen-bond donors (Lipinski definition) is 2. The Morgan fingerprint density at radius 2 is 2.14 bits per heavy atom. The van der Waals surface area contributed by atoms with Gasteiger partial charge in [-0.3, -0.25) is 9.79 Å². The summed E-state index contributed by atoms with van der Waals surface area (Å²) in [5.74, 6) is 2.17. The van der Waals surface area contributed by atoms with Gasteiger partial charge in [0, 0.05) is 33.1 Å². The Bertz CT molecular complexity index is 426. The Morgan fingerprint density at radius 1 is 1.38 bits per heavy atom. The van der Waals surface area contributed by atoms with E-state index in [2.05, 4.69) is 15.2 Å². The summed E-state index contributed by atoms with van der Waals surface area (Å²) in [4.78, 5) is 17.9. The average Bonchev–Trinajstić information content (AvgIpc) is 3.33. The molecule has 2 saturated carbocycles. The lowest BCUT2D eigenvalue weighted by Gasteiger charge is -2.35. The maximum Gasteiger partial charge on any atom is 0.217 e. The van der Waals surface area contributed by atoms with E-state index < -0.39 is 0 Å². The van der Waals surface area contributed by atoms with Crippen LogP contribution in [-0.4, -0.2) is 43.4 Å². The number of likely N-dealkylation sites (tertiary alicyclic amines) is 1. The first kappa shape index (κ1) is 14.7. The Kier molecular flexibility index (Phi) is 4.09. The van der Waals surface area contributed by atoms with Crippen LogP contribution in [0.25, 0.3) is 0 Å². The molecule has 0 radical (unpaired) electrons. The summed E-state index contributed by atoms with van der Waals surface area (Å²) in [6.45, 7) is 3.01. The van der Waals surface area contributed by atoms with E-state index in [4.69, 9.17) is 5.73 Å². The lowest BCUT2D eigenvalue weighted by atomic mass is 9.94. The van der Waals surface area contributed by atoms with Crippen LogP contribution in [-0.2, 0) is 4.79 Å². The zero-order valence-electron chi connectivity index (χ0n) is 13.1. The van der Waals surface area contributed by atoms with Gasteiger partial charge in [0.2, 0.25) is 5.91 Å². The van der Waals surface area contributed by atoms with E-state index in [1.54, 1.807) is 0 Å². The molecule has 5 nitrogen and oxygen atoms in total. The van der Waals surface area contributed by atoms with Crippen LogP contribution >= 0.6 is 0 Å². The van der Waals surface area contributed by atoms with Crippen molar-refractivity contribution in [2.75, 3.05) is 26.7 Å². The highest BCUT2D eigenvalue weighted by Gasteiger charge is 2.53. The second-order valence-electron chi connectivity index (χ2n) is 7.16. The highest BCUT2D eigenvalue weighted by Crippen LogP contribution is 2.60. The highest BCUT2D eigenvalue weighted by molar-refractivity contribution is 5.80. The monoisotopic (exact) mass is 292 g/mol. The zero-order chi connectivity index (χ0) is 14.9. The van der Waals surface area contributed by atoms with E-state index in [1.165, 1.54) is 25.7 Å². The van der Waals surface area contributed by atoms with Crippen LogP contribution < -0.4 is 11.1 Å².